The van der Waals surface area contributed by atoms with Gasteiger partial charge in [0.15, 0.2) is 0 Å². The second kappa shape index (κ2) is 6.15. The van der Waals surface area contributed by atoms with Gasteiger partial charge in [0.05, 0.1) is 17.8 Å². The predicted molar refractivity (Wildman–Crippen MR) is 87.3 cm³/mol. The Morgan fingerprint density at radius 3 is 2.59 bits per heavy atom. The van der Waals surface area contributed by atoms with Crippen LogP contribution in [0.2, 0.25) is 0 Å². The molecule has 0 aliphatic rings. The molecule has 112 valence electrons. The number of furan rings is 1. The SMILES string of the molecule is Cc1ccc(N(Cc2ccco2)C(=O)c2csc(C)n2)cc1. The van der Waals surface area contributed by atoms with E-state index in [1.54, 1.807) is 16.5 Å². The van der Waals surface area contributed by atoms with Gasteiger partial charge >= 0.3 is 0 Å². The molecule has 22 heavy (non-hydrogen) atoms. The van der Waals surface area contributed by atoms with E-state index in [2.05, 4.69) is 4.98 Å². The first-order chi connectivity index (χ1) is 10.6. The van der Waals surface area contributed by atoms with Crippen LogP contribution in [0.15, 0.2) is 52.5 Å². The third-order valence-corrected chi connectivity index (χ3v) is 4.10. The molecule has 2 heterocycles. The zero-order valence-electron chi connectivity index (χ0n) is 12.4. The molecule has 4 nitrogen and oxygen atoms in total. The Morgan fingerprint density at radius 1 is 1.23 bits per heavy atom. The fraction of sp³-hybridized carbons (Fsp3) is 0.176. The van der Waals surface area contributed by atoms with E-state index >= 15 is 0 Å². The van der Waals surface area contributed by atoms with Crippen LogP contribution in [0.1, 0.15) is 26.8 Å². The van der Waals surface area contributed by atoms with Crippen LogP contribution in [-0.2, 0) is 6.54 Å². The van der Waals surface area contributed by atoms with Crippen LogP contribution in [-0.4, -0.2) is 10.9 Å². The highest BCUT2D eigenvalue weighted by Gasteiger charge is 2.21. The Labute approximate surface area is 133 Å². The van der Waals surface area contributed by atoms with Gasteiger partial charge in [-0.2, -0.15) is 0 Å². The van der Waals surface area contributed by atoms with Gasteiger partial charge in [0.25, 0.3) is 5.91 Å². The zero-order chi connectivity index (χ0) is 15.5. The quantitative estimate of drug-likeness (QED) is 0.725. The van der Waals surface area contributed by atoms with Crippen LogP contribution in [0.3, 0.4) is 0 Å². The van der Waals surface area contributed by atoms with Gasteiger partial charge in [-0.25, -0.2) is 4.98 Å². The third kappa shape index (κ3) is 3.09. The third-order valence-electron chi connectivity index (χ3n) is 3.32. The van der Waals surface area contributed by atoms with Crippen molar-refractivity contribution in [3.63, 3.8) is 0 Å². The number of hydrogen-bond acceptors (Lipinski definition) is 4. The minimum Gasteiger partial charge on any atom is -0.467 e. The Balaban J connectivity index is 1.94. The van der Waals surface area contributed by atoms with Crippen molar-refractivity contribution in [3.8, 4) is 0 Å². The Hall–Kier alpha value is -2.40. The maximum absolute atomic E-state index is 12.8. The molecule has 5 heteroatoms. The van der Waals surface area contributed by atoms with E-state index in [-0.39, 0.29) is 5.91 Å². The van der Waals surface area contributed by atoms with Crippen molar-refractivity contribution in [3.05, 3.63) is 70.1 Å². The lowest BCUT2D eigenvalue weighted by Crippen LogP contribution is -2.30. The molecule has 0 fully saturated rings. The smallest absolute Gasteiger partial charge is 0.278 e. The van der Waals surface area contributed by atoms with Crippen LogP contribution < -0.4 is 4.90 Å². The first kappa shape index (κ1) is 14.5. The molecule has 3 aromatic rings. The van der Waals surface area contributed by atoms with Crippen molar-refractivity contribution in [2.24, 2.45) is 0 Å². The summed E-state index contributed by atoms with van der Waals surface area (Å²) >= 11 is 1.47. The summed E-state index contributed by atoms with van der Waals surface area (Å²) in [5.41, 5.74) is 2.45. The van der Waals surface area contributed by atoms with E-state index in [9.17, 15) is 4.79 Å². The summed E-state index contributed by atoms with van der Waals surface area (Å²) in [5, 5.41) is 2.67. The number of nitrogens with zero attached hydrogens (tertiary/aromatic N) is 2. The summed E-state index contributed by atoms with van der Waals surface area (Å²) < 4.78 is 5.39. The van der Waals surface area contributed by atoms with E-state index in [1.807, 2.05) is 50.2 Å². The van der Waals surface area contributed by atoms with E-state index in [4.69, 9.17) is 4.42 Å². The van der Waals surface area contributed by atoms with Gasteiger partial charge in [-0.3, -0.25) is 9.69 Å². The molecule has 0 saturated heterocycles. The molecule has 0 N–H and O–H groups in total. The minimum atomic E-state index is -0.121. The van der Waals surface area contributed by atoms with E-state index in [1.165, 1.54) is 11.3 Å². The van der Waals surface area contributed by atoms with Crippen molar-refractivity contribution in [1.82, 2.24) is 4.98 Å². The molecule has 2 aromatic heterocycles. The maximum Gasteiger partial charge on any atom is 0.278 e. The van der Waals surface area contributed by atoms with Gasteiger partial charge in [-0.1, -0.05) is 17.7 Å². The monoisotopic (exact) mass is 312 g/mol. The number of amides is 1. The highest BCUT2D eigenvalue weighted by Crippen LogP contribution is 2.22. The number of carbonyl (C=O) groups is 1. The summed E-state index contributed by atoms with van der Waals surface area (Å²) in [6.45, 7) is 4.29. The van der Waals surface area contributed by atoms with Crippen LogP contribution >= 0.6 is 11.3 Å². The summed E-state index contributed by atoms with van der Waals surface area (Å²) in [5.74, 6) is 0.616. The molecular weight excluding hydrogens is 296 g/mol. The molecule has 0 saturated carbocycles. The number of carbonyl (C=O) groups excluding carboxylic acids is 1. The van der Waals surface area contributed by atoms with Crippen LogP contribution in [0.4, 0.5) is 5.69 Å². The fourth-order valence-corrected chi connectivity index (χ4v) is 2.75. The predicted octanol–water partition coefficient (Wildman–Crippen LogP) is 4.20. The number of benzene rings is 1. The Kier molecular flexibility index (Phi) is 4.06. The Morgan fingerprint density at radius 2 is 2.00 bits per heavy atom. The van der Waals surface area contributed by atoms with Crippen molar-refractivity contribution in [1.29, 1.82) is 0 Å². The van der Waals surface area contributed by atoms with Crippen molar-refractivity contribution < 1.29 is 9.21 Å². The highest BCUT2D eigenvalue weighted by atomic mass is 32.1. The molecule has 0 atom stereocenters. The van der Waals surface area contributed by atoms with E-state index < -0.39 is 0 Å². The number of aromatic nitrogens is 1. The summed E-state index contributed by atoms with van der Waals surface area (Å²) in [6, 6.07) is 11.5. The lowest BCUT2D eigenvalue weighted by atomic mass is 10.2. The number of hydrogen-bond donors (Lipinski definition) is 0. The molecule has 0 bridgehead atoms. The van der Waals surface area contributed by atoms with E-state index in [0.29, 0.717) is 12.2 Å². The fourth-order valence-electron chi connectivity index (χ4n) is 2.16. The first-order valence-electron chi connectivity index (χ1n) is 6.96. The first-order valence-corrected chi connectivity index (χ1v) is 7.84. The number of rotatable bonds is 4. The molecule has 1 amide bonds. The van der Waals surface area contributed by atoms with Crippen molar-refractivity contribution >= 4 is 22.9 Å². The standard InChI is InChI=1S/C17H16N2O2S/c1-12-5-7-14(8-6-12)19(10-15-4-3-9-21-15)17(20)16-11-22-13(2)18-16/h3-9,11H,10H2,1-2H3. The van der Waals surface area contributed by atoms with Crippen molar-refractivity contribution in [2.75, 3.05) is 4.90 Å². The number of anilines is 1. The maximum atomic E-state index is 12.8. The number of thiazole rings is 1. The summed E-state index contributed by atoms with van der Waals surface area (Å²) in [6.07, 6.45) is 1.61. The largest absolute Gasteiger partial charge is 0.467 e. The van der Waals surface area contributed by atoms with Crippen LogP contribution in [0.25, 0.3) is 0 Å². The molecule has 0 radical (unpaired) electrons. The van der Waals surface area contributed by atoms with Crippen LogP contribution in [0.5, 0.6) is 0 Å². The van der Waals surface area contributed by atoms with Gasteiger partial charge < -0.3 is 4.42 Å². The average molecular weight is 312 g/mol. The normalized spacial score (nSPS) is 10.6. The van der Waals surface area contributed by atoms with Gasteiger partial charge in [0, 0.05) is 11.1 Å². The molecular formula is C17H16N2O2S. The molecule has 3 rings (SSSR count). The Bertz CT molecular complexity index is 760. The van der Waals surface area contributed by atoms with Crippen molar-refractivity contribution in [2.45, 2.75) is 20.4 Å². The molecule has 0 aliphatic heterocycles. The number of aryl methyl sites for hydroxylation is 2. The minimum absolute atomic E-state index is 0.121. The topological polar surface area (TPSA) is 46.3 Å². The second-order valence-corrected chi connectivity index (χ2v) is 6.12. The van der Waals surface area contributed by atoms with Gasteiger partial charge in [-0.05, 0) is 38.1 Å². The molecule has 0 unspecified atom stereocenters. The summed E-state index contributed by atoms with van der Waals surface area (Å²) in [7, 11) is 0. The molecule has 0 aliphatic carbocycles. The average Bonchev–Trinajstić information content (AvgIpc) is 3.17. The van der Waals surface area contributed by atoms with Gasteiger partial charge in [-0.15, -0.1) is 11.3 Å². The summed E-state index contributed by atoms with van der Waals surface area (Å²) in [4.78, 5) is 18.8. The molecule has 0 spiro atoms. The molecule has 1 aromatic carbocycles. The van der Waals surface area contributed by atoms with Gasteiger partial charge in [0.2, 0.25) is 0 Å². The second-order valence-electron chi connectivity index (χ2n) is 5.06. The highest BCUT2D eigenvalue weighted by molar-refractivity contribution is 7.09. The lowest BCUT2D eigenvalue weighted by Gasteiger charge is -2.21. The van der Waals surface area contributed by atoms with Gasteiger partial charge in [0.1, 0.15) is 11.5 Å². The lowest BCUT2D eigenvalue weighted by molar-refractivity contribution is 0.0979. The van der Waals surface area contributed by atoms with Crippen LogP contribution in [0, 0.1) is 13.8 Å². The van der Waals surface area contributed by atoms with E-state index in [0.717, 1.165) is 22.0 Å². The zero-order valence-corrected chi connectivity index (χ0v) is 13.3.